The maximum Gasteiger partial charge on any atom is 1.00 e. The van der Waals surface area contributed by atoms with Crippen LogP contribution in [-0.4, -0.2) is 235 Å². The summed E-state index contributed by atoms with van der Waals surface area (Å²) in [6.45, 7) is 20.2. The minimum atomic E-state index is -4.43. The Bertz CT molecular complexity index is 5130. The first-order chi connectivity index (χ1) is 58.7. The fraction of sp³-hybridized carbons (Fsp3) is 0.549. The molecule has 0 bridgehead atoms. The van der Waals surface area contributed by atoms with Gasteiger partial charge in [0.05, 0.1) is 75.0 Å². The SMILES string of the molecule is CCN(C(=O)OC(C)(C)C)C(CC[C@@H](CO)OC)c1nc(C(=O)CCc2ccc(F)cc2)c(O)c(=O)[nH]1.CCN(C(=O)OC(C)(C)C)C(CC[C@@H](COS(C)(=O)=O)OC)c1nc(OS(C)(=O)=O)c(OS(C)(=O)=O)c(C(=O)CCc2ccc(F)cc2)n1.CCN(C(=O)OC(C)(C)C)C1CC[C@H](OC)Cn2c1nc(C(=O)CCc1ccc(F)cc1)c(O)c2=O.O=CO[O-].[Na+]. The monoisotopic (exact) mass is 1860 g/mol. The fourth-order valence-electron chi connectivity index (χ4n) is 12.3. The molecule has 6 atom stereocenters. The number of nitrogens with zero attached hydrogens (tertiary/aromatic N) is 8. The second-order valence-electron chi connectivity index (χ2n) is 31.5. The van der Waals surface area contributed by atoms with Crippen molar-refractivity contribution >= 4 is 72.5 Å². The topological polar surface area (TPSA) is 514 Å². The maximum absolute atomic E-state index is 13.7. The quantitative estimate of drug-likeness (QED) is 0.00642. The number of carbonyl (C=O) groups excluding carboxylic acids is 7. The Morgan fingerprint density at radius 2 is 0.992 bits per heavy atom. The van der Waals surface area contributed by atoms with Gasteiger partial charge in [0.2, 0.25) is 17.2 Å². The van der Waals surface area contributed by atoms with Gasteiger partial charge in [0.15, 0.2) is 40.3 Å². The summed E-state index contributed by atoms with van der Waals surface area (Å²) in [6, 6.07) is 13.9. The van der Waals surface area contributed by atoms with Gasteiger partial charge < -0.3 is 67.2 Å². The van der Waals surface area contributed by atoms with Crippen LogP contribution in [-0.2, 0) is 98.4 Å². The molecule has 700 valence electrons. The van der Waals surface area contributed by atoms with Crippen molar-refractivity contribution in [3.05, 3.63) is 162 Å². The average Bonchev–Trinajstić information content (AvgIpc) is 1.77. The summed E-state index contributed by atoms with van der Waals surface area (Å²) in [7, 11) is -8.42. The van der Waals surface area contributed by atoms with Gasteiger partial charge in [-0.05, 0) is 194 Å². The maximum atomic E-state index is 13.7. The van der Waals surface area contributed by atoms with Gasteiger partial charge in [-0.2, -0.15) is 30.2 Å². The van der Waals surface area contributed by atoms with Crippen LogP contribution in [0, 0.1) is 17.5 Å². The molecule has 45 heteroatoms. The van der Waals surface area contributed by atoms with Gasteiger partial charge in [-0.1, -0.05) is 36.4 Å². The molecule has 4 N–H and O–H groups in total. The molecule has 0 aliphatic carbocycles. The third-order valence-corrected chi connectivity index (χ3v) is 19.7. The predicted octanol–water partition coefficient (Wildman–Crippen LogP) is 6.14. The summed E-state index contributed by atoms with van der Waals surface area (Å²) in [5.74, 6) is -6.81. The number of hydrogen-bond acceptors (Lipinski definition) is 33. The van der Waals surface area contributed by atoms with Gasteiger partial charge in [-0.15, -0.1) is 0 Å². The molecular formula is C82H113F3N9NaO29S3. The van der Waals surface area contributed by atoms with Crippen molar-refractivity contribution in [1.29, 1.82) is 0 Å². The zero-order valence-electron chi connectivity index (χ0n) is 74.6. The van der Waals surface area contributed by atoms with Crippen LogP contribution in [0.25, 0.3) is 0 Å². The number of Topliss-reactive ketones (excluding diaryl/α,β-unsaturated/α-hetero) is 3. The van der Waals surface area contributed by atoms with Gasteiger partial charge in [0.25, 0.3) is 33.6 Å². The van der Waals surface area contributed by atoms with Gasteiger partial charge in [0.1, 0.15) is 45.9 Å². The van der Waals surface area contributed by atoms with Gasteiger partial charge >= 0.3 is 68.1 Å². The first-order valence-corrected chi connectivity index (χ1v) is 45.1. The number of aromatic nitrogens is 6. The number of aliphatic hydroxyl groups is 1. The number of aromatic hydroxyl groups is 2. The Balaban J connectivity index is 0.000000485. The second-order valence-corrected chi connectivity index (χ2v) is 36.3. The number of nitrogens with one attached hydrogen (secondary N) is 1. The average molecular weight is 1870 g/mol. The molecule has 6 aromatic rings. The van der Waals surface area contributed by atoms with Crippen LogP contribution in [0.15, 0.2) is 82.4 Å². The van der Waals surface area contributed by atoms with Crippen molar-refractivity contribution in [1.82, 2.24) is 44.2 Å². The van der Waals surface area contributed by atoms with Gasteiger partial charge in [0, 0.05) is 60.2 Å². The zero-order chi connectivity index (χ0) is 95.2. The smallest absolute Gasteiger partial charge is 0.662 e. The van der Waals surface area contributed by atoms with Gasteiger partial charge in [-0.3, -0.25) is 52.2 Å². The number of benzene rings is 3. The van der Waals surface area contributed by atoms with Crippen molar-refractivity contribution in [2.24, 2.45) is 0 Å². The van der Waals surface area contributed by atoms with E-state index < -0.39 is 177 Å². The third kappa shape index (κ3) is 37.9. The van der Waals surface area contributed by atoms with E-state index in [1.165, 1.54) is 89.1 Å². The summed E-state index contributed by atoms with van der Waals surface area (Å²) in [4.78, 5) is 140. The summed E-state index contributed by atoms with van der Waals surface area (Å²) >= 11 is 0. The Kier molecular flexibility index (Phi) is 44.8. The van der Waals surface area contributed by atoms with Crippen molar-refractivity contribution in [2.45, 2.75) is 220 Å². The van der Waals surface area contributed by atoms with Crippen LogP contribution in [0.2, 0.25) is 0 Å². The molecule has 3 unspecified atom stereocenters. The van der Waals surface area contributed by atoms with Crippen molar-refractivity contribution < 1.29 is 168 Å². The number of ketones is 3. The number of aryl methyl sites for hydroxylation is 3. The zero-order valence-corrected chi connectivity index (χ0v) is 79.0. The fourth-order valence-corrected chi connectivity index (χ4v) is 13.5. The molecule has 0 spiro atoms. The van der Waals surface area contributed by atoms with E-state index >= 15 is 0 Å². The molecule has 3 aromatic carbocycles. The number of carbonyl (C=O) groups is 7. The van der Waals surface area contributed by atoms with Crippen LogP contribution < -0.4 is 54.3 Å². The number of hydrogen-bond donors (Lipinski definition) is 4. The van der Waals surface area contributed by atoms with Gasteiger partial charge in [-0.25, -0.2) is 42.5 Å². The van der Waals surface area contributed by atoms with E-state index in [4.69, 9.17) is 51.0 Å². The molecule has 0 radical (unpaired) electrons. The molecule has 0 fully saturated rings. The molecule has 3 aromatic heterocycles. The summed E-state index contributed by atoms with van der Waals surface area (Å²) in [5.41, 5.74) is -3.62. The van der Waals surface area contributed by atoms with E-state index in [0.29, 0.717) is 42.9 Å². The van der Waals surface area contributed by atoms with E-state index in [0.717, 1.165) is 11.8 Å². The van der Waals surface area contributed by atoms with Crippen molar-refractivity contribution in [3.63, 3.8) is 0 Å². The summed E-state index contributed by atoms with van der Waals surface area (Å²) < 4.78 is 161. The normalized spacial score (nSPS) is 14.3. The van der Waals surface area contributed by atoms with Crippen molar-refractivity contribution in [3.8, 4) is 23.1 Å². The minimum absolute atomic E-state index is 0. The number of aliphatic hydroxyl groups excluding tert-OH is 1. The predicted molar refractivity (Wildman–Crippen MR) is 446 cm³/mol. The van der Waals surface area contributed by atoms with E-state index in [1.807, 2.05) is 0 Å². The molecule has 127 heavy (non-hydrogen) atoms. The molecule has 4 heterocycles. The molecule has 7 rings (SSSR count). The second kappa shape index (κ2) is 51.0. The van der Waals surface area contributed by atoms with Crippen LogP contribution >= 0.6 is 0 Å². The Morgan fingerprint density at radius 1 is 0.575 bits per heavy atom. The molecule has 38 nitrogen and oxygen atoms in total. The van der Waals surface area contributed by atoms with Crippen LogP contribution in [0.5, 0.6) is 23.1 Å². The number of amides is 3. The molecule has 1 aliphatic rings. The van der Waals surface area contributed by atoms with Crippen LogP contribution in [0.4, 0.5) is 27.6 Å². The molecular weight excluding hydrogens is 1750 g/mol. The number of halogens is 3. The van der Waals surface area contributed by atoms with E-state index in [-0.39, 0.29) is 162 Å². The Hall–Kier alpha value is -9.61. The molecule has 0 saturated heterocycles. The number of fused-ring (bicyclic) bond motifs is 1. The molecule has 1 aliphatic heterocycles. The van der Waals surface area contributed by atoms with E-state index in [9.17, 15) is 92.1 Å². The first-order valence-electron chi connectivity index (χ1n) is 39.6. The van der Waals surface area contributed by atoms with Crippen molar-refractivity contribution in [2.75, 3.05) is 72.9 Å². The number of methoxy groups -OCH3 is 3. The standard InChI is InChI=1S/C29H42FN3O13S3.C26H36FN3O7.C26H34FN3O6.CH2O3.Na/c1-9-33(28(35)44-29(2,3)4)22(16-15-21(42-5)18-43-47(6,36)37)26-31-24(23(34)17-12-19-10-13-20(30)14-11-19)25(45-48(7,38)39)27(32-26)46-49(8,40)41;1-6-30(25(35)37-26(2,3)4)19(13-12-18(15-31)36-5)23-28-21(22(33)24(34)29-23)20(32)14-9-16-7-10-17(27)11-8-16;1-6-29(25(34)36-26(2,3)4)19-13-12-18(35-5)15-30-23(19)28-21(22(32)24(30)33)20(31)14-9-16-7-10-17(27)11-8-16;2-1-4-3;/h10-11,13-14,21-22H,9,12,15-18H2,1-8H3;7-8,10-11,18-19,31,33H,6,9,12-15H2,1-5H3,(H,28,29,34);7-8,10-11,18-19,32H,6,9,12-15H2,1-5H3;1,3H;/q;;;;+1/p-1/t21-,22?;2*18-,19?;;/m000../s1. The molecule has 3 amide bonds. The molecule has 0 saturated carbocycles. The number of rotatable bonds is 38. The summed E-state index contributed by atoms with van der Waals surface area (Å²) in [6.07, 6.45) is -0.133. The summed E-state index contributed by atoms with van der Waals surface area (Å²) in [5, 5.41) is 38.9. The Labute approximate surface area is 758 Å². The van der Waals surface area contributed by atoms with E-state index in [1.54, 1.807) is 107 Å². The van der Waals surface area contributed by atoms with Crippen LogP contribution in [0.3, 0.4) is 0 Å². The first kappa shape index (κ1) is 112. The third-order valence-electron chi connectivity index (χ3n) is 18.2. The van der Waals surface area contributed by atoms with E-state index in [2.05, 4.69) is 29.8 Å². The minimum Gasteiger partial charge on any atom is -0.662 e. The number of H-pyrrole nitrogens is 1. The number of aromatic amines is 1. The largest absolute Gasteiger partial charge is 1.00 e. The Morgan fingerprint density at radius 3 is 1.39 bits per heavy atom. The van der Waals surface area contributed by atoms with Crippen LogP contribution in [0.1, 0.15) is 225 Å². The number of ether oxygens (including phenoxy) is 6.